The molecule has 2 rings (SSSR count). The number of nitrogens with zero attached hydrogens (tertiary/aromatic N) is 3. The minimum atomic E-state index is -0.942. The third-order valence-corrected chi connectivity index (χ3v) is 3.36. The van der Waals surface area contributed by atoms with Crippen molar-refractivity contribution in [3.05, 3.63) is 29.3 Å². The van der Waals surface area contributed by atoms with E-state index in [4.69, 9.17) is 22.6 Å². The van der Waals surface area contributed by atoms with E-state index < -0.39 is 5.97 Å². The number of rotatable bonds is 4. The molecule has 0 atom stereocenters. The second-order valence-corrected chi connectivity index (χ2v) is 4.69. The monoisotopic (exact) mass is 284 g/mol. The highest BCUT2D eigenvalue weighted by Crippen LogP contribution is 2.27. The molecule has 0 aliphatic heterocycles. The van der Waals surface area contributed by atoms with Crippen molar-refractivity contribution >= 4 is 29.3 Å². The number of carboxylic acids is 1. The standard InChI is InChI=1S/C10H9ClN4O2S/c11-7-4-2-1-3-6(7)9-13-14-10(15(9)12)18-5-8(16)17/h1-4H,5,12H2,(H,16,17). The molecule has 1 heterocycles. The molecule has 0 aliphatic rings. The van der Waals surface area contributed by atoms with Crippen LogP contribution >= 0.6 is 23.4 Å². The van der Waals surface area contributed by atoms with Crippen molar-refractivity contribution < 1.29 is 9.90 Å². The van der Waals surface area contributed by atoms with Gasteiger partial charge in [-0.25, -0.2) is 4.68 Å². The number of nitrogens with two attached hydrogens (primary N) is 1. The lowest BCUT2D eigenvalue weighted by molar-refractivity contribution is -0.133. The number of hydrogen-bond donors (Lipinski definition) is 2. The molecule has 0 saturated heterocycles. The summed E-state index contributed by atoms with van der Waals surface area (Å²) in [7, 11) is 0. The van der Waals surface area contributed by atoms with E-state index in [9.17, 15) is 4.79 Å². The van der Waals surface area contributed by atoms with Crippen LogP contribution in [-0.2, 0) is 4.79 Å². The van der Waals surface area contributed by atoms with Gasteiger partial charge in [0.15, 0.2) is 5.82 Å². The molecule has 2 aromatic rings. The maximum atomic E-state index is 10.5. The minimum Gasteiger partial charge on any atom is -0.481 e. The van der Waals surface area contributed by atoms with Gasteiger partial charge in [-0.2, -0.15) is 0 Å². The molecule has 0 radical (unpaired) electrons. The van der Waals surface area contributed by atoms with E-state index in [-0.39, 0.29) is 5.75 Å². The van der Waals surface area contributed by atoms with Gasteiger partial charge in [0.05, 0.1) is 10.8 Å². The van der Waals surface area contributed by atoms with Gasteiger partial charge in [-0.15, -0.1) is 10.2 Å². The number of carboxylic acid groups (broad SMARTS) is 1. The SMILES string of the molecule is Nn1c(SCC(=O)O)nnc1-c1ccccc1Cl. The van der Waals surface area contributed by atoms with Gasteiger partial charge in [-0.05, 0) is 12.1 Å². The van der Waals surface area contributed by atoms with E-state index in [0.717, 1.165) is 11.8 Å². The van der Waals surface area contributed by atoms with E-state index in [1.165, 1.54) is 4.68 Å². The van der Waals surface area contributed by atoms with Crippen LogP contribution in [0.15, 0.2) is 29.4 Å². The molecule has 1 aromatic heterocycles. The van der Waals surface area contributed by atoms with Crippen LogP contribution in [0.5, 0.6) is 0 Å². The maximum Gasteiger partial charge on any atom is 0.313 e. The predicted molar refractivity (Wildman–Crippen MR) is 69.0 cm³/mol. The number of aliphatic carboxylic acids is 1. The van der Waals surface area contributed by atoms with Crippen LogP contribution in [0.2, 0.25) is 5.02 Å². The Kier molecular flexibility index (Phi) is 3.73. The molecule has 0 spiro atoms. The predicted octanol–water partition coefficient (Wildman–Crippen LogP) is 1.49. The molecule has 0 saturated carbocycles. The molecule has 0 fully saturated rings. The molecule has 0 unspecified atom stereocenters. The molecule has 94 valence electrons. The second kappa shape index (κ2) is 5.28. The molecule has 0 bridgehead atoms. The van der Waals surface area contributed by atoms with E-state index in [0.29, 0.717) is 21.6 Å². The summed E-state index contributed by atoms with van der Waals surface area (Å²) < 4.78 is 1.23. The Bertz CT molecular complexity index is 587. The lowest BCUT2D eigenvalue weighted by Gasteiger charge is -2.04. The molecule has 8 heteroatoms. The van der Waals surface area contributed by atoms with E-state index in [2.05, 4.69) is 10.2 Å². The highest BCUT2D eigenvalue weighted by atomic mass is 35.5. The molecular weight excluding hydrogens is 276 g/mol. The summed E-state index contributed by atoms with van der Waals surface area (Å²) in [5.74, 6) is 5.14. The summed E-state index contributed by atoms with van der Waals surface area (Å²) in [5, 5.41) is 17.2. The van der Waals surface area contributed by atoms with Crippen LogP contribution in [-0.4, -0.2) is 31.7 Å². The van der Waals surface area contributed by atoms with Gasteiger partial charge >= 0.3 is 5.97 Å². The number of benzene rings is 1. The van der Waals surface area contributed by atoms with Gasteiger partial charge < -0.3 is 10.9 Å². The van der Waals surface area contributed by atoms with Gasteiger partial charge in [0, 0.05) is 5.56 Å². The zero-order chi connectivity index (χ0) is 13.1. The fourth-order valence-electron chi connectivity index (χ4n) is 1.33. The Morgan fingerprint density at radius 1 is 1.44 bits per heavy atom. The Morgan fingerprint density at radius 2 is 2.17 bits per heavy atom. The van der Waals surface area contributed by atoms with Crippen LogP contribution in [0.25, 0.3) is 11.4 Å². The zero-order valence-electron chi connectivity index (χ0n) is 9.08. The van der Waals surface area contributed by atoms with Crippen molar-refractivity contribution in [3.8, 4) is 11.4 Å². The van der Waals surface area contributed by atoms with Crippen LogP contribution < -0.4 is 5.84 Å². The number of hydrogen-bond acceptors (Lipinski definition) is 5. The third-order valence-electron chi connectivity index (χ3n) is 2.10. The van der Waals surface area contributed by atoms with E-state index in [1.807, 2.05) is 0 Å². The van der Waals surface area contributed by atoms with Crippen molar-refractivity contribution in [2.24, 2.45) is 0 Å². The first-order chi connectivity index (χ1) is 8.59. The van der Waals surface area contributed by atoms with Crippen molar-refractivity contribution in [1.29, 1.82) is 0 Å². The van der Waals surface area contributed by atoms with Gasteiger partial charge in [0.2, 0.25) is 5.16 Å². The molecule has 6 nitrogen and oxygen atoms in total. The van der Waals surface area contributed by atoms with Gasteiger partial charge in [-0.3, -0.25) is 4.79 Å². The van der Waals surface area contributed by atoms with Gasteiger partial charge in [-0.1, -0.05) is 35.5 Å². The van der Waals surface area contributed by atoms with Gasteiger partial charge in [0.25, 0.3) is 0 Å². The van der Waals surface area contributed by atoms with Crippen molar-refractivity contribution in [2.45, 2.75) is 5.16 Å². The zero-order valence-corrected chi connectivity index (χ0v) is 10.6. The largest absolute Gasteiger partial charge is 0.481 e. The second-order valence-electron chi connectivity index (χ2n) is 3.34. The van der Waals surface area contributed by atoms with Crippen molar-refractivity contribution in [1.82, 2.24) is 14.9 Å². The molecule has 1 aromatic carbocycles. The van der Waals surface area contributed by atoms with Crippen LogP contribution in [0.3, 0.4) is 0 Å². The first kappa shape index (κ1) is 12.7. The molecule has 0 amide bonds. The number of carbonyl (C=O) groups is 1. The summed E-state index contributed by atoms with van der Waals surface area (Å²) in [5.41, 5.74) is 0.649. The lowest BCUT2D eigenvalue weighted by atomic mass is 10.2. The summed E-state index contributed by atoms with van der Waals surface area (Å²) in [6.07, 6.45) is 0. The van der Waals surface area contributed by atoms with E-state index in [1.54, 1.807) is 24.3 Å². The van der Waals surface area contributed by atoms with Crippen LogP contribution in [0.1, 0.15) is 0 Å². The third kappa shape index (κ3) is 2.57. The first-order valence-electron chi connectivity index (χ1n) is 4.89. The molecule has 0 aliphatic carbocycles. The van der Waals surface area contributed by atoms with Crippen LogP contribution in [0.4, 0.5) is 0 Å². The Hall–Kier alpha value is -1.73. The highest BCUT2D eigenvalue weighted by Gasteiger charge is 2.15. The Labute approximate surface area is 112 Å². The summed E-state index contributed by atoms with van der Waals surface area (Å²) in [6.45, 7) is 0. The normalized spacial score (nSPS) is 10.5. The summed E-state index contributed by atoms with van der Waals surface area (Å²) in [4.78, 5) is 10.5. The van der Waals surface area contributed by atoms with Crippen LogP contribution in [0, 0.1) is 0 Å². The lowest BCUT2D eigenvalue weighted by Crippen LogP contribution is -2.12. The summed E-state index contributed by atoms with van der Waals surface area (Å²) >= 11 is 7.03. The fraction of sp³-hybridized carbons (Fsp3) is 0.100. The Morgan fingerprint density at radius 3 is 2.83 bits per heavy atom. The van der Waals surface area contributed by atoms with Crippen molar-refractivity contribution in [2.75, 3.05) is 11.6 Å². The average Bonchev–Trinajstić information content (AvgIpc) is 2.69. The number of halogens is 1. The fourth-order valence-corrected chi connectivity index (χ4v) is 2.12. The number of aromatic nitrogens is 3. The molecule has 18 heavy (non-hydrogen) atoms. The van der Waals surface area contributed by atoms with Crippen molar-refractivity contribution in [3.63, 3.8) is 0 Å². The number of thioether (sulfide) groups is 1. The maximum absolute atomic E-state index is 10.5. The molecule has 3 N–H and O–H groups in total. The highest BCUT2D eigenvalue weighted by molar-refractivity contribution is 7.99. The molecular formula is C10H9ClN4O2S. The number of nitrogen functional groups attached to an aromatic ring is 1. The quantitative estimate of drug-likeness (QED) is 0.652. The smallest absolute Gasteiger partial charge is 0.313 e. The minimum absolute atomic E-state index is 0.127. The first-order valence-corrected chi connectivity index (χ1v) is 6.26. The van der Waals surface area contributed by atoms with Gasteiger partial charge in [0.1, 0.15) is 0 Å². The average molecular weight is 285 g/mol. The van der Waals surface area contributed by atoms with E-state index >= 15 is 0 Å². The topological polar surface area (TPSA) is 94.0 Å². The Balaban J connectivity index is 2.31. The summed E-state index contributed by atoms with van der Waals surface area (Å²) in [6, 6.07) is 7.08.